The van der Waals surface area contributed by atoms with E-state index in [0.29, 0.717) is 35.3 Å². The zero-order valence-electron chi connectivity index (χ0n) is 13.2. The average Bonchev–Trinajstić information content (AvgIpc) is 2.61. The van der Waals surface area contributed by atoms with Gasteiger partial charge in [0.05, 0.1) is 30.8 Å². The van der Waals surface area contributed by atoms with E-state index in [1.54, 1.807) is 30.2 Å². The molecule has 1 heterocycles. The lowest BCUT2D eigenvalue weighted by Crippen LogP contribution is -2.42. The summed E-state index contributed by atoms with van der Waals surface area (Å²) in [5.74, 6) is 0.675. The fraction of sp³-hybridized carbons (Fsp3) is 0.278. The second-order valence-electron chi connectivity index (χ2n) is 5.51. The molecule has 0 saturated carbocycles. The second kappa shape index (κ2) is 7.43. The van der Waals surface area contributed by atoms with E-state index >= 15 is 0 Å². The lowest BCUT2D eigenvalue weighted by molar-refractivity contribution is -0.0228. The predicted molar refractivity (Wildman–Crippen MR) is 94.1 cm³/mol. The van der Waals surface area contributed by atoms with Crippen LogP contribution >= 0.6 is 23.2 Å². The van der Waals surface area contributed by atoms with E-state index < -0.39 is 0 Å². The molecule has 2 aromatic carbocycles. The van der Waals surface area contributed by atoms with Gasteiger partial charge in [0, 0.05) is 11.6 Å². The third-order valence-electron chi connectivity index (χ3n) is 4.00. The molecule has 6 heteroatoms. The third-order valence-corrected chi connectivity index (χ3v) is 4.55. The van der Waals surface area contributed by atoms with Crippen molar-refractivity contribution in [3.63, 3.8) is 0 Å². The van der Waals surface area contributed by atoms with Gasteiger partial charge in [-0.25, -0.2) is 0 Å². The topological polar surface area (TPSA) is 38.8 Å². The molecule has 0 aromatic heterocycles. The van der Waals surface area contributed by atoms with Crippen molar-refractivity contribution in [3.8, 4) is 5.75 Å². The fourth-order valence-electron chi connectivity index (χ4n) is 2.69. The van der Waals surface area contributed by atoms with Crippen LogP contribution in [0.2, 0.25) is 10.0 Å². The van der Waals surface area contributed by atoms with E-state index in [0.717, 1.165) is 11.3 Å². The van der Waals surface area contributed by atoms with Gasteiger partial charge >= 0.3 is 0 Å². The van der Waals surface area contributed by atoms with E-state index in [4.69, 9.17) is 32.7 Å². The number of carbonyl (C=O) groups excluding carboxylic acids is 1. The summed E-state index contributed by atoms with van der Waals surface area (Å²) < 4.78 is 11.0. The van der Waals surface area contributed by atoms with Gasteiger partial charge in [0.1, 0.15) is 11.9 Å². The maximum absolute atomic E-state index is 12.7. The van der Waals surface area contributed by atoms with Gasteiger partial charge in [-0.05, 0) is 35.9 Å². The molecule has 4 nitrogen and oxygen atoms in total. The number of rotatable bonds is 3. The van der Waals surface area contributed by atoms with Crippen LogP contribution < -0.4 is 4.74 Å². The Kier molecular flexibility index (Phi) is 5.29. The summed E-state index contributed by atoms with van der Waals surface area (Å²) in [5.41, 5.74) is 1.46. The van der Waals surface area contributed by atoms with Gasteiger partial charge < -0.3 is 14.4 Å². The van der Waals surface area contributed by atoms with E-state index in [1.807, 2.05) is 24.3 Å². The number of benzene rings is 2. The van der Waals surface area contributed by atoms with Crippen molar-refractivity contribution in [2.45, 2.75) is 6.10 Å². The van der Waals surface area contributed by atoms with Crippen molar-refractivity contribution in [1.82, 2.24) is 4.90 Å². The molecule has 0 aliphatic carbocycles. The van der Waals surface area contributed by atoms with Gasteiger partial charge in [-0.1, -0.05) is 35.3 Å². The van der Waals surface area contributed by atoms with Crippen LogP contribution in [0.3, 0.4) is 0 Å². The SMILES string of the molecule is COc1ccc(C2CN(C(=O)c3ccc(Cl)cc3Cl)CCO2)cc1. The Labute approximate surface area is 150 Å². The summed E-state index contributed by atoms with van der Waals surface area (Å²) in [6.07, 6.45) is -0.167. The van der Waals surface area contributed by atoms with Gasteiger partial charge in [-0.15, -0.1) is 0 Å². The van der Waals surface area contributed by atoms with Gasteiger partial charge in [-0.2, -0.15) is 0 Å². The quantitative estimate of drug-likeness (QED) is 0.817. The second-order valence-corrected chi connectivity index (χ2v) is 6.35. The lowest BCUT2D eigenvalue weighted by Gasteiger charge is -2.33. The molecule has 126 valence electrons. The Morgan fingerprint density at radius 2 is 1.96 bits per heavy atom. The largest absolute Gasteiger partial charge is 0.497 e. The van der Waals surface area contributed by atoms with Crippen LogP contribution in [0.25, 0.3) is 0 Å². The zero-order chi connectivity index (χ0) is 17.1. The van der Waals surface area contributed by atoms with Crippen molar-refractivity contribution < 1.29 is 14.3 Å². The Hall–Kier alpha value is -1.75. The molecule has 3 rings (SSSR count). The molecule has 1 aliphatic rings. The molecule has 1 unspecified atom stereocenters. The number of halogens is 2. The van der Waals surface area contributed by atoms with Crippen molar-refractivity contribution in [3.05, 3.63) is 63.6 Å². The third kappa shape index (κ3) is 3.66. The van der Waals surface area contributed by atoms with Crippen LogP contribution in [0.4, 0.5) is 0 Å². The van der Waals surface area contributed by atoms with Crippen molar-refractivity contribution in [2.24, 2.45) is 0 Å². The number of amides is 1. The number of carbonyl (C=O) groups is 1. The first-order chi connectivity index (χ1) is 11.6. The summed E-state index contributed by atoms with van der Waals surface area (Å²) in [6.45, 7) is 1.49. The maximum atomic E-state index is 12.7. The van der Waals surface area contributed by atoms with Crippen LogP contribution in [-0.4, -0.2) is 37.6 Å². The highest BCUT2D eigenvalue weighted by atomic mass is 35.5. The van der Waals surface area contributed by atoms with Crippen molar-refractivity contribution in [1.29, 1.82) is 0 Å². The number of hydrogen-bond donors (Lipinski definition) is 0. The molecular formula is C18H17Cl2NO3. The van der Waals surface area contributed by atoms with Crippen molar-refractivity contribution in [2.75, 3.05) is 26.8 Å². The van der Waals surface area contributed by atoms with Gasteiger partial charge in [0.25, 0.3) is 5.91 Å². The maximum Gasteiger partial charge on any atom is 0.255 e. The van der Waals surface area contributed by atoms with Crippen molar-refractivity contribution >= 4 is 29.1 Å². The summed E-state index contributed by atoms with van der Waals surface area (Å²) in [7, 11) is 1.63. The van der Waals surface area contributed by atoms with Crippen LogP contribution in [0, 0.1) is 0 Å². The summed E-state index contributed by atoms with van der Waals surface area (Å²) in [4.78, 5) is 14.5. The highest BCUT2D eigenvalue weighted by Crippen LogP contribution is 2.27. The molecule has 1 fully saturated rings. The molecule has 24 heavy (non-hydrogen) atoms. The zero-order valence-corrected chi connectivity index (χ0v) is 14.7. The number of hydrogen-bond acceptors (Lipinski definition) is 3. The number of nitrogens with zero attached hydrogens (tertiary/aromatic N) is 1. The summed E-state index contributed by atoms with van der Waals surface area (Å²) in [5, 5.41) is 0.870. The van der Waals surface area contributed by atoms with E-state index in [-0.39, 0.29) is 12.0 Å². The first kappa shape index (κ1) is 17.1. The number of methoxy groups -OCH3 is 1. The minimum Gasteiger partial charge on any atom is -0.497 e. The highest BCUT2D eigenvalue weighted by Gasteiger charge is 2.27. The molecule has 1 amide bonds. The molecule has 1 atom stereocenters. The Morgan fingerprint density at radius 3 is 2.62 bits per heavy atom. The standard InChI is InChI=1S/C18H17Cl2NO3/c1-23-14-5-2-12(3-6-14)17-11-21(8-9-24-17)18(22)15-7-4-13(19)10-16(15)20/h2-7,10,17H,8-9,11H2,1H3. The smallest absolute Gasteiger partial charge is 0.255 e. The van der Waals surface area contributed by atoms with Crippen LogP contribution in [0.1, 0.15) is 22.0 Å². The molecule has 2 aromatic rings. The van der Waals surface area contributed by atoms with Crippen LogP contribution in [0.15, 0.2) is 42.5 Å². The molecule has 1 saturated heterocycles. The van der Waals surface area contributed by atoms with E-state index in [2.05, 4.69) is 0 Å². The average molecular weight is 366 g/mol. The molecular weight excluding hydrogens is 349 g/mol. The lowest BCUT2D eigenvalue weighted by atomic mass is 10.1. The number of ether oxygens (including phenoxy) is 2. The molecule has 1 aliphatic heterocycles. The van der Waals surface area contributed by atoms with E-state index in [9.17, 15) is 4.79 Å². The first-order valence-electron chi connectivity index (χ1n) is 7.58. The van der Waals surface area contributed by atoms with Crippen LogP contribution in [-0.2, 0) is 4.74 Å². The Balaban J connectivity index is 1.75. The first-order valence-corrected chi connectivity index (χ1v) is 8.34. The minimum absolute atomic E-state index is 0.113. The van der Waals surface area contributed by atoms with Gasteiger partial charge in [0.15, 0.2) is 0 Å². The molecule has 0 N–H and O–H groups in total. The van der Waals surface area contributed by atoms with Crippen LogP contribution in [0.5, 0.6) is 5.75 Å². The molecule has 0 radical (unpaired) electrons. The number of morpholine rings is 1. The highest BCUT2D eigenvalue weighted by molar-refractivity contribution is 6.36. The molecule has 0 bridgehead atoms. The monoisotopic (exact) mass is 365 g/mol. The van der Waals surface area contributed by atoms with E-state index in [1.165, 1.54) is 0 Å². The van der Waals surface area contributed by atoms with Gasteiger partial charge in [0.2, 0.25) is 0 Å². The summed E-state index contributed by atoms with van der Waals surface area (Å²) >= 11 is 12.0. The van der Waals surface area contributed by atoms with Gasteiger partial charge in [-0.3, -0.25) is 4.79 Å². The normalized spacial score (nSPS) is 17.6. The Morgan fingerprint density at radius 1 is 1.21 bits per heavy atom. The fourth-order valence-corrected chi connectivity index (χ4v) is 3.18. The minimum atomic E-state index is -0.167. The Bertz CT molecular complexity index is 734. The predicted octanol–water partition coefficient (Wildman–Crippen LogP) is 4.22. The molecule has 0 spiro atoms. The summed E-state index contributed by atoms with van der Waals surface area (Å²) in [6, 6.07) is 12.6.